The number of hydrogen-bond donors (Lipinski definition) is 0. The second-order valence-electron chi connectivity index (χ2n) is 7.71. The van der Waals surface area contributed by atoms with Gasteiger partial charge in [0.25, 0.3) is 0 Å². The van der Waals surface area contributed by atoms with E-state index >= 15 is 0 Å². The molecule has 3 aliphatic rings. The predicted octanol–water partition coefficient (Wildman–Crippen LogP) is 4.70. The van der Waals surface area contributed by atoms with Gasteiger partial charge in [0.2, 0.25) is 0 Å². The molecule has 0 radical (unpaired) electrons. The predicted molar refractivity (Wildman–Crippen MR) is 85.6 cm³/mol. The molecular formula is C20H24O. The molecular weight excluding hydrogens is 256 g/mol. The molecule has 4 rings (SSSR count). The molecule has 1 saturated carbocycles. The Morgan fingerprint density at radius 3 is 2.81 bits per heavy atom. The number of allylic oxidation sites excluding steroid dienone is 2. The van der Waals surface area contributed by atoms with Crippen LogP contribution in [0.2, 0.25) is 0 Å². The van der Waals surface area contributed by atoms with Gasteiger partial charge in [-0.15, -0.1) is 0 Å². The van der Waals surface area contributed by atoms with E-state index in [0.29, 0.717) is 17.6 Å². The summed E-state index contributed by atoms with van der Waals surface area (Å²) in [4.78, 5) is 12.6. The van der Waals surface area contributed by atoms with Crippen LogP contribution in [0, 0.1) is 17.8 Å². The van der Waals surface area contributed by atoms with E-state index < -0.39 is 0 Å². The van der Waals surface area contributed by atoms with Crippen molar-refractivity contribution in [2.75, 3.05) is 0 Å². The Labute approximate surface area is 127 Å². The van der Waals surface area contributed by atoms with Crippen molar-refractivity contribution in [2.24, 2.45) is 17.8 Å². The fraction of sp³-hybridized carbons (Fsp3) is 0.550. The number of carbonyl (C=O) groups excluding carboxylic acids is 1. The molecule has 0 N–H and O–H groups in total. The summed E-state index contributed by atoms with van der Waals surface area (Å²) in [6.45, 7) is 4.48. The Morgan fingerprint density at radius 2 is 2.14 bits per heavy atom. The highest BCUT2D eigenvalue weighted by atomic mass is 16.1. The van der Waals surface area contributed by atoms with Crippen molar-refractivity contribution in [3.8, 4) is 0 Å². The van der Waals surface area contributed by atoms with Crippen LogP contribution in [0.15, 0.2) is 30.4 Å². The molecule has 3 aliphatic carbocycles. The Bertz CT molecular complexity index is 625. The standard InChI is InChI=1S/C20H24O/c1-13(2)10-15-4-3-5-17-19(15)18(21)8-9-20(17)12-14-6-7-16(20)11-14/h3-7,13-14,16H,8-12H2,1-2H3. The van der Waals surface area contributed by atoms with Crippen molar-refractivity contribution in [1.29, 1.82) is 0 Å². The highest BCUT2D eigenvalue weighted by Crippen LogP contribution is 2.58. The molecule has 0 saturated heterocycles. The van der Waals surface area contributed by atoms with Gasteiger partial charge in [-0.3, -0.25) is 4.79 Å². The Kier molecular flexibility index (Phi) is 2.89. The molecule has 1 heteroatoms. The molecule has 1 aromatic carbocycles. The lowest BCUT2D eigenvalue weighted by atomic mass is 9.62. The minimum Gasteiger partial charge on any atom is -0.294 e. The normalized spacial score (nSPS) is 33.2. The smallest absolute Gasteiger partial charge is 0.163 e. The maximum Gasteiger partial charge on any atom is 0.163 e. The lowest BCUT2D eigenvalue weighted by Crippen LogP contribution is -2.37. The van der Waals surface area contributed by atoms with E-state index in [0.717, 1.165) is 30.7 Å². The third-order valence-electron chi connectivity index (χ3n) is 5.90. The largest absolute Gasteiger partial charge is 0.294 e. The number of benzene rings is 1. The summed E-state index contributed by atoms with van der Waals surface area (Å²) in [5, 5.41) is 0. The van der Waals surface area contributed by atoms with Crippen molar-refractivity contribution in [3.63, 3.8) is 0 Å². The van der Waals surface area contributed by atoms with Crippen LogP contribution in [0.3, 0.4) is 0 Å². The minimum atomic E-state index is 0.273. The summed E-state index contributed by atoms with van der Waals surface area (Å²) in [5.41, 5.74) is 4.04. The third kappa shape index (κ3) is 1.86. The van der Waals surface area contributed by atoms with Crippen LogP contribution >= 0.6 is 0 Å². The molecule has 1 spiro atoms. The van der Waals surface area contributed by atoms with Crippen molar-refractivity contribution < 1.29 is 4.79 Å². The van der Waals surface area contributed by atoms with Crippen LogP contribution in [0.5, 0.6) is 0 Å². The zero-order valence-corrected chi connectivity index (χ0v) is 13.1. The SMILES string of the molecule is CC(C)Cc1cccc2c1C(=O)CCC21CC2C=CC1C2. The van der Waals surface area contributed by atoms with Gasteiger partial charge in [0.05, 0.1) is 0 Å². The van der Waals surface area contributed by atoms with Crippen LogP contribution in [0.1, 0.15) is 61.0 Å². The maximum atomic E-state index is 12.6. The zero-order chi connectivity index (χ0) is 14.6. The molecule has 0 aromatic heterocycles. The Balaban J connectivity index is 1.86. The van der Waals surface area contributed by atoms with Gasteiger partial charge >= 0.3 is 0 Å². The lowest BCUT2D eigenvalue weighted by Gasteiger charge is -2.41. The first kappa shape index (κ1) is 13.3. The number of hydrogen-bond acceptors (Lipinski definition) is 1. The maximum absolute atomic E-state index is 12.6. The van der Waals surface area contributed by atoms with Gasteiger partial charge in [-0.25, -0.2) is 0 Å². The van der Waals surface area contributed by atoms with Gasteiger partial charge in [0.1, 0.15) is 0 Å². The first-order chi connectivity index (χ1) is 10.1. The highest BCUT2D eigenvalue weighted by molar-refractivity contribution is 6.00. The molecule has 0 amide bonds. The van der Waals surface area contributed by atoms with Crippen LogP contribution < -0.4 is 0 Å². The van der Waals surface area contributed by atoms with Crippen molar-refractivity contribution in [3.05, 3.63) is 47.0 Å². The summed E-state index contributed by atoms with van der Waals surface area (Å²) in [6.07, 6.45) is 10.2. The van der Waals surface area contributed by atoms with Crippen LogP contribution in [0.4, 0.5) is 0 Å². The molecule has 3 unspecified atom stereocenters. The number of ketones is 1. The molecule has 110 valence electrons. The number of carbonyl (C=O) groups is 1. The van der Waals surface area contributed by atoms with Crippen molar-refractivity contribution in [2.45, 2.75) is 51.4 Å². The van der Waals surface area contributed by atoms with Gasteiger partial charge in [-0.1, -0.05) is 44.2 Å². The summed E-state index contributed by atoms with van der Waals surface area (Å²) in [5.74, 6) is 2.41. The van der Waals surface area contributed by atoms with Crippen molar-refractivity contribution >= 4 is 5.78 Å². The Hall–Kier alpha value is -1.37. The molecule has 21 heavy (non-hydrogen) atoms. The average Bonchev–Trinajstić information content (AvgIpc) is 3.04. The second-order valence-corrected chi connectivity index (χ2v) is 7.71. The lowest BCUT2D eigenvalue weighted by molar-refractivity contribution is 0.0942. The minimum absolute atomic E-state index is 0.273. The summed E-state index contributed by atoms with van der Waals surface area (Å²) in [7, 11) is 0. The van der Waals surface area contributed by atoms with E-state index in [1.54, 1.807) is 0 Å². The van der Waals surface area contributed by atoms with E-state index in [9.17, 15) is 4.79 Å². The summed E-state index contributed by atoms with van der Waals surface area (Å²) < 4.78 is 0. The number of Topliss-reactive ketones (excluding diaryl/α,β-unsaturated/α-hetero) is 1. The van der Waals surface area contributed by atoms with Gasteiger partial charge in [0.15, 0.2) is 5.78 Å². The average molecular weight is 280 g/mol. The van der Waals surface area contributed by atoms with Crippen LogP contribution in [-0.4, -0.2) is 5.78 Å². The summed E-state index contributed by atoms with van der Waals surface area (Å²) in [6, 6.07) is 6.62. The van der Waals surface area contributed by atoms with Gasteiger partial charge < -0.3 is 0 Å². The van der Waals surface area contributed by atoms with Gasteiger partial charge in [-0.2, -0.15) is 0 Å². The quantitative estimate of drug-likeness (QED) is 0.718. The third-order valence-corrected chi connectivity index (χ3v) is 5.90. The highest BCUT2D eigenvalue weighted by Gasteiger charge is 2.52. The van der Waals surface area contributed by atoms with Crippen molar-refractivity contribution in [1.82, 2.24) is 0 Å². The Morgan fingerprint density at radius 1 is 1.29 bits per heavy atom. The first-order valence-electron chi connectivity index (χ1n) is 8.44. The summed E-state index contributed by atoms with van der Waals surface area (Å²) >= 11 is 0. The number of fused-ring (bicyclic) bond motifs is 5. The molecule has 3 atom stereocenters. The molecule has 0 heterocycles. The molecule has 1 nitrogen and oxygen atoms in total. The van der Waals surface area contributed by atoms with Crippen LogP contribution in [0.25, 0.3) is 0 Å². The molecule has 1 fully saturated rings. The van der Waals surface area contributed by atoms with E-state index in [4.69, 9.17) is 0 Å². The monoisotopic (exact) mass is 280 g/mol. The fourth-order valence-electron chi connectivity index (χ4n) is 5.10. The first-order valence-corrected chi connectivity index (χ1v) is 8.44. The molecule has 0 aliphatic heterocycles. The molecule has 2 bridgehead atoms. The van der Waals surface area contributed by atoms with E-state index in [-0.39, 0.29) is 5.41 Å². The fourth-order valence-corrected chi connectivity index (χ4v) is 5.10. The van der Waals surface area contributed by atoms with E-state index in [1.165, 1.54) is 24.0 Å². The molecule has 1 aromatic rings. The second kappa shape index (κ2) is 4.56. The van der Waals surface area contributed by atoms with E-state index in [2.05, 4.69) is 44.2 Å². The van der Waals surface area contributed by atoms with Gasteiger partial charge in [0, 0.05) is 17.4 Å². The van der Waals surface area contributed by atoms with Crippen LogP contribution in [-0.2, 0) is 11.8 Å². The van der Waals surface area contributed by atoms with E-state index in [1.807, 2.05) is 0 Å². The topological polar surface area (TPSA) is 17.1 Å². The van der Waals surface area contributed by atoms with Gasteiger partial charge in [-0.05, 0) is 54.6 Å². The number of rotatable bonds is 2. The zero-order valence-electron chi connectivity index (χ0n) is 13.1.